The molecule has 4 nitrogen and oxygen atoms in total. The molecule has 0 aromatic heterocycles. The summed E-state index contributed by atoms with van der Waals surface area (Å²) >= 11 is 0. The first-order chi connectivity index (χ1) is 5.18. The number of hydrogen-bond acceptors (Lipinski definition) is 3. The molecule has 0 saturated heterocycles. The second-order valence-corrected chi connectivity index (χ2v) is 2.88. The molecule has 0 heterocycles. The fraction of sp³-hybridized carbons (Fsp3) is 0.857. The molecule has 4 heteroatoms. The van der Waals surface area contributed by atoms with Crippen molar-refractivity contribution in [3.63, 3.8) is 0 Å². The third kappa shape index (κ3) is 4.31. The van der Waals surface area contributed by atoms with Gasteiger partial charge in [0.05, 0.1) is 19.6 Å². The van der Waals surface area contributed by atoms with Gasteiger partial charge in [-0.15, -0.1) is 0 Å². The molecule has 0 atom stereocenters. The van der Waals surface area contributed by atoms with Gasteiger partial charge in [-0.2, -0.15) is 0 Å². The smallest absolute Gasteiger partial charge is 0.129 e. The Morgan fingerprint density at radius 1 is 0.818 bits per heavy atom. The van der Waals surface area contributed by atoms with E-state index in [4.69, 9.17) is 17.2 Å². The molecule has 0 aromatic carbocycles. The highest BCUT2D eigenvalue weighted by molar-refractivity contribution is 4.46. The highest BCUT2D eigenvalue weighted by Crippen LogP contribution is 2.00. The number of rotatable bonds is 6. The van der Waals surface area contributed by atoms with Gasteiger partial charge in [-0.3, -0.25) is 0 Å². The molecule has 0 spiro atoms. The summed E-state index contributed by atoms with van der Waals surface area (Å²) in [5.74, 6) is 0. The summed E-state index contributed by atoms with van der Waals surface area (Å²) in [5, 5.41) is 0. The molecule has 0 unspecified atom stereocenters. The summed E-state index contributed by atoms with van der Waals surface area (Å²) in [4.78, 5) is 0. The van der Waals surface area contributed by atoms with E-state index < -0.39 is 0 Å². The number of hydrogen-bond donors (Lipinski definition) is 3. The van der Waals surface area contributed by atoms with Crippen LogP contribution >= 0.6 is 0 Å². The Balaban J connectivity index is 3.79. The van der Waals surface area contributed by atoms with Crippen LogP contribution < -0.4 is 17.2 Å². The van der Waals surface area contributed by atoms with Crippen LogP contribution in [0.3, 0.4) is 0 Å². The summed E-state index contributed by atoms with van der Waals surface area (Å²) in [6, 6.07) is 0. The van der Waals surface area contributed by atoms with E-state index in [1.807, 2.05) is 0 Å². The van der Waals surface area contributed by atoms with E-state index in [0.717, 1.165) is 19.6 Å². The van der Waals surface area contributed by atoms with Crippen molar-refractivity contribution in [3.05, 3.63) is 7.05 Å². The molecule has 0 aliphatic heterocycles. The van der Waals surface area contributed by atoms with E-state index in [2.05, 4.69) is 7.05 Å². The quantitative estimate of drug-likeness (QED) is 0.413. The molecule has 0 amide bonds. The zero-order valence-corrected chi connectivity index (χ0v) is 7.13. The van der Waals surface area contributed by atoms with Gasteiger partial charge in [-0.1, -0.05) is 0 Å². The van der Waals surface area contributed by atoms with Gasteiger partial charge in [-0.05, 0) is 0 Å². The van der Waals surface area contributed by atoms with Crippen molar-refractivity contribution in [2.75, 3.05) is 39.3 Å². The third-order valence-electron chi connectivity index (χ3n) is 1.81. The average Bonchev–Trinajstić information content (AvgIpc) is 1.88. The van der Waals surface area contributed by atoms with Gasteiger partial charge in [0.1, 0.15) is 7.05 Å². The number of quaternary nitrogens is 1. The van der Waals surface area contributed by atoms with Crippen molar-refractivity contribution in [1.29, 1.82) is 0 Å². The monoisotopic (exact) mass is 160 g/mol. The van der Waals surface area contributed by atoms with Gasteiger partial charge in [0, 0.05) is 19.6 Å². The Bertz CT molecular complexity index is 77.4. The van der Waals surface area contributed by atoms with Crippen LogP contribution in [0.25, 0.3) is 0 Å². The highest BCUT2D eigenvalue weighted by Gasteiger charge is 2.18. The van der Waals surface area contributed by atoms with Crippen LogP contribution in [0.2, 0.25) is 0 Å². The van der Waals surface area contributed by atoms with Crippen molar-refractivity contribution in [2.45, 2.75) is 0 Å². The van der Waals surface area contributed by atoms with Crippen molar-refractivity contribution in [3.8, 4) is 0 Å². The highest BCUT2D eigenvalue weighted by atomic mass is 15.3. The maximum absolute atomic E-state index is 5.44. The predicted octanol–water partition coefficient (Wildman–Crippen LogP) is -1.53. The van der Waals surface area contributed by atoms with Crippen LogP contribution in [-0.2, 0) is 0 Å². The van der Waals surface area contributed by atoms with E-state index >= 15 is 0 Å². The Kier molecular flexibility index (Phi) is 5.41. The summed E-state index contributed by atoms with van der Waals surface area (Å²) < 4.78 is 0.656. The molecule has 0 aliphatic rings. The number of nitrogens with zero attached hydrogens (tertiary/aromatic N) is 1. The molecule has 11 heavy (non-hydrogen) atoms. The van der Waals surface area contributed by atoms with Crippen LogP contribution in [0.15, 0.2) is 0 Å². The lowest BCUT2D eigenvalue weighted by atomic mass is 10.3. The Hall–Kier alpha value is -0.160. The van der Waals surface area contributed by atoms with E-state index in [9.17, 15) is 0 Å². The largest absolute Gasteiger partial charge is 0.326 e. The molecule has 0 aliphatic carbocycles. The van der Waals surface area contributed by atoms with Crippen molar-refractivity contribution < 1.29 is 4.48 Å². The van der Waals surface area contributed by atoms with Crippen LogP contribution in [0.4, 0.5) is 0 Å². The van der Waals surface area contributed by atoms with Gasteiger partial charge in [0.2, 0.25) is 0 Å². The molecule has 67 valence electrons. The molecule has 0 fully saturated rings. The van der Waals surface area contributed by atoms with E-state index in [1.165, 1.54) is 0 Å². The predicted molar refractivity (Wildman–Crippen MR) is 47.4 cm³/mol. The zero-order valence-electron chi connectivity index (χ0n) is 7.13. The fourth-order valence-corrected chi connectivity index (χ4v) is 1.16. The van der Waals surface area contributed by atoms with Crippen LogP contribution in [0.1, 0.15) is 0 Å². The van der Waals surface area contributed by atoms with Gasteiger partial charge >= 0.3 is 0 Å². The first-order valence-electron chi connectivity index (χ1n) is 3.99. The van der Waals surface area contributed by atoms with Crippen molar-refractivity contribution >= 4 is 0 Å². The Morgan fingerprint density at radius 2 is 1.09 bits per heavy atom. The zero-order chi connectivity index (χ0) is 8.74. The minimum atomic E-state index is 0.642. The Morgan fingerprint density at radius 3 is 1.27 bits per heavy atom. The van der Waals surface area contributed by atoms with Gasteiger partial charge in [0.25, 0.3) is 0 Å². The van der Waals surface area contributed by atoms with Crippen LogP contribution in [-0.4, -0.2) is 43.8 Å². The molecule has 1 radical (unpaired) electrons. The topological polar surface area (TPSA) is 78.1 Å². The second-order valence-electron chi connectivity index (χ2n) is 2.88. The fourth-order valence-electron chi connectivity index (χ4n) is 1.16. The van der Waals surface area contributed by atoms with Gasteiger partial charge in [0.15, 0.2) is 0 Å². The summed E-state index contributed by atoms with van der Waals surface area (Å²) in [6.07, 6.45) is 0. The third-order valence-corrected chi connectivity index (χ3v) is 1.81. The SMILES string of the molecule is [CH2][N+](CCN)(CCN)CCN. The molecule has 0 rings (SSSR count). The van der Waals surface area contributed by atoms with E-state index in [-0.39, 0.29) is 0 Å². The van der Waals surface area contributed by atoms with Crippen LogP contribution in [0.5, 0.6) is 0 Å². The van der Waals surface area contributed by atoms with Crippen molar-refractivity contribution in [1.82, 2.24) is 0 Å². The lowest BCUT2D eigenvalue weighted by Gasteiger charge is -2.32. The summed E-state index contributed by atoms with van der Waals surface area (Å²) in [6.45, 7) is 4.49. The summed E-state index contributed by atoms with van der Waals surface area (Å²) in [5.41, 5.74) is 16.3. The standard InChI is InChI=1S/C7H20N4/c1-11(5-2-8,6-3-9)7-4-10/h1-10H2/q+1. The van der Waals surface area contributed by atoms with E-state index in [0.29, 0.717) is 24.1 Å². The molecule has 0 bridgehead atoms. The Labute approximate surface area is 68.9 Å². The lowest BCUT2D eigenvalue weighted by molar-refractivity contribution is -0.881. The minimum Gasteiger partial charge on any atom is -0.326 e. The normalized spacial score (nSPS) is 12.0. The summed E-state index contributed by atoms with van der Waals surface area (Å²) in [7, 11) is 4.04. The maximum Gasteiger partial charge on any atom is 0.129 e. The second kappa shape index (κ2) is 5.49. The first kappa shape index (κ1) is 10.8. The average molecular weight is 160 g/mol. The molecule has 6 N–H and O–H groups in total. The molecule has 0 saturated carbocycles. The van der Waals surface area contributed by atoms with Crippen molar-refractivity contribution in [2.24, 2.45) is 17.2 Å². The number of nitrogens with two attached hydrogens (primary N) is 3. The maximum atomic E-state index is 5.44. The first-order valence-corrected chi connectivity index (χ1v) is 3.99. The van der Waals surface area contributed by atoms with Gasteiger partial charge in [-0.25, -0.2) is 0 Å². The molecular formula is C7H20N4+. The molecule has 0 aromatic rings. The van der Waals surface area contributed by atoms with Crippen LogP contribution in [0, 0.1) is 7.05 Å². The minimum absolute atomic E-state index is 0.642. The van der Waals surface area contributed by atoms with E-state index in [1.54, 1.807) is 0 Å². The lowest BCUT2D eigenvalue weighted by Crippen LogP contribution is -2.50. The molecular weight excluding hydrogens is 140 g/mol. The van der Waals surface area contributed by atoms with Gasteiger partial charge < -0.3 is 21.7 Å².